The lowest BCUT2D eigenvalue weighted by molar-refractivity contribution is -0.117. The Bertz CT molecular complexity index is 498. The predicted molar refractivity (Wildman–Crippen MR) is 65.9 cm³/mol. The Morgan fingerprint density at radius 2 is 2.11 bits per heavy atom. The maximum absolute atomic E-state index is 11.8. The molecule has 1 aromatic rings. The molecule has 0 bridgehead atoms. The molecule has 2 atom stereocenters. The second kappa shape index (κ2) is 4.68. The fraction of sp³-hybridized carbons (Fsp3) is 0.385. The van der Waals surface area contributed by atoms with Crippen molar-refractivity contribution in [1.82, 2.24) is 0 Å². The van der Waals surface area contributed by atoms with E-state index < -0.39 is 5.97 Å². The van der Waals surface area contributed by atoms with E-state index in [9.17, 15) is 9.59 Å². The quantitative estimate of drug-likeness (QED) is 0.855. The molecule has 0 heterocycles. The predicted octanol–water partition coefficient (Wildman–Crippen LogP) is 1.99. The van der Waals surface area contributed by atoms with Gasteiger partial charge in [-0.3, -0.25) is 4.79 Å². The van der Waals surface area contributed by atoms with E-state index in [-0.39, 0.29) is 17.4 Å². The summed E-state index contributed by atoms with van der Waals surface area (Å²) in [6.45, 7) is 2.02. The van der Waals surface area contributed by atoms with Crippen LogP contribution in [0.1, 0.15) is 23.7 Å². The first-order valence-electron chi connectivity index (χ1n) is 5.75. The van der Waals surface area contributed by atoms with Crippen LogP contribution in [0.4, 0.5) is 5.69 Å². The highest BCUT2D eigenvalue weighted by molar-refractivity contribution is 5.97. The summed E-state index contributed by atoms with van der Waals surface area (Å²) in [6.07, 6.45) is 0.904. The third-order valence-corrected chi connectivity index (χ3v) is 3.15. The Hall–Kier alpha value is -2.04. The molecule has 96 valence electrons. The first-order valence-corrected chi connectivity index (χ1v) is 5.75. The number of carboxylic acids is 1. The largest absolute Gasteiger partial charge is 0.495 e. The Balaban J connectivity index is 2.17. The van der Waals surface area contributed by atoms with Gasteiger partial charge in [-0.05, 0) is 30.5 Å². The third kappa shape index (κ3) is 2.45. The molecule has 0 aromatic heterocycles. The molecule has 1 aliphatic carbocycles. The highest BCUT2D eigenvalue weighted by Crippen LogP contribution is 2.39. The normalized spacial score (nSPS) is 21.2. The molecular weight excluding hydrogens is 234 g/mol. The molecule has 2 rings (SSSR count). The van der Waals surface area contributed by atoms with Crippen LogP contribution >= 0.6 is 0 Å². The van der Waals surface area contributed by atoms with Gasteiger partial charge in [0.1, 0.15) is 5.75 Å². The van der Waals surface area contributed by atoms with Gasteiger partial charge in [0.25, 0.3) is 0 Å². The monoisotopic (exact) mass is 249 g/mol. The summed E-state index contributed by atoms with van der Waals surface area (Å²) >= 11 is 0. The van der Waals surface area contributed by atoms with Gasteiger partial charge < -0.3 is 15.2 Å². The molecule has 1 saturated carbocycles. The number of amides is 1. The van der Waals surface area contributed by atoms with Gasteiger partial charge in [0.15, 0.2) is 0 Å². The third-order valence-electron chi connectivity index (χ3n) is 3.15. The van der Waals surface area contributed by atoms with Crippen molar-refractivity contribution in [2.45, 2.75) is 13.3 Å². The number of ether oxygens (including phenoxy) is 1. The van der Waals surface area contributed by atoms with Crippen LogP contribution < -0.4 is 10.1 Å². The van der Waals surface area contributed by atoms with Gasteiger partial charge in [-0.25, -0.2) is 4.79 Å². The summed E-state index contributed by atoms with van der Waals surface area (Å²) in [7, 11) is 1.44. The number of hydrogen-bond donors (Lipinski definition) is 2. The van der Waals surface area contributed by atoms with Gasteiger partial charge in [-0.2, -0.15) is 0 Å². The number of anilines is 1. The number of rotatable bonds is 4. The van der Waals surface area contributed by atoms with Crippen LogP contribution in [0.2, 0.25) is 0 Å². The molecular formula is C13H15NO4. The molecule has 5 nitrogen and oxygen atoms in total. The number of aromatic carboxylic acids is 1. The molecule has 0 radical (unpaired) electrons. The maximum Gasteiger partial charge on any atom is 0.335 e. The van der Waals surface area contributed by atoms with Crippen LogP contribution in [0, 0.1) is 11.8 Å². The van der Waals surface area contributed by atoms with Crippen molar-refractivity contribution >= 4 is 17.6 Å². The van der Waals surface area contributed by atoms with Crippen molar-refractivity contribution in [1.29, 1.82) is 0 Å². The molecule has 0 saturated heterocycles. The van der Waals surface area contributed by atoms with Gasteiger partial charge >= 0.3 is 5.97 Å². The number of hydrogen-bond acceptors (Lipinski definition) is 3. The zero-order valence-electron chi connectivity index (χ0n) is 10.3. The molecule has 0 aliphatic heterocycles. The van der Waals surface area contributed by atoms with E-state index in [2.05, 4.69) is 5.32 Å². The van der Waals surface area contributed by atoms with Gasteiger partial charge in [0.2, 0.25) is 5.91 Å². The van der Waals surface area contributed by atoms with E-state index in [0.29, 0.717) is 17.4 Å². The van der Waals surface area contributed by atoms with E-state index in [0.717, 1.165) is 6.42 Å². The highest BCUT2D eigenvalue weighted by atomic mass is 16.5. The highest BCUT2D eigenvalue weighted by Gasteiger charge is 2.39. The summed E-state index contributed by atoms with van der Waals surface area (Å²) in [5.74, 6) is -0.217. The van der Waals surface area contributed by atoms with E-state index in [1.54, 1.807) is 6.07 Å². The van der Waals surface area contributed by atoms with Crippen molar-refractivity contribution in [2.75, 3.05) is 12.4 Å². The molecule has 1 amide bonds. The van der Waals surface area contributed by atoms with Crippen LogP contribution in [-0.4, -0.2) is 24.1 Å². The van der Waals surface area contributed by atoms with Crippen molar-refractivity contribution in [3.8, 4) is 5.75 Å². The molecule has 1 aliphatic rings. The summed E-state index contributed by atoms with van der Waals surface area (Å²) in [4.78, 5) is 22.6. The minimum absolute atomic E-state index is 0.0381. The van der Waals surface area contributed by atoms with E-state index >= 15 is 0 Å². The lowest BCUT2D eigenvalue weighted by Gasteiger charge is -2.10. The molecule has 1 aromatic carbocycles. The fourth-order valence-electron chi connectivity index (χ4n) is 1.84. The Morgan fingerprint density at radius 3 is 2.61 bits per heavy atom. The number of carboxylic acid groups (broad SMARTS) is 1. The fourth-order valence-corrected chi connectivity index (χ4v) is 1.84. The number of methoxy groups -OCH3 is 1. The minimum atomic E-state index is -1.03. The topological polar surface area (TPSA) is 75.6 Å². The molecule has 5 heteroatoms. The van der Waals surface area contributed by atoms with Crippen LogP contribution in [0.25, 0.3) is 0 Å². The molecule has 2 unspecified atom stereocenters. The number of carbonyl (C=O) groups excluding carboxylic acids is 1. The van der Waals surface area contributed by atoms with Gasteiger partial charge in [-0.15, -0.1) is 0 Å². The second-order valence-electron chi connectivity index (χ2n) is 4.53. The van der Waals surface area contributed by atoms with Crippen LogP contribution in [0.3, 0.4) is 0 Å². The van der Waals surface area contributed by atoms with Crippen molar-refractivity contribution in [3.05, 3.63) is 23.8 Å². The van der Waals surface area contributed by atoms with E-state index in [1.165, 1.54) is 19.2 Å². The number of carbonyl (C=O) groups is 2. The van der Waals surface area contributed by atoms with E-state index in [4.69, 9.17) is 9.84 Å². The first kappa shape index (κ1) is 12.4. The minimum Gasteiger partial charge on any atom is -0.495 e. The summed E-state index contributed by atoms with van der Waals surface area (Å²) in [5.41, 5.74) is 0.635. The summed E-state index contributed by atoms with van der Waals surface area (Å²) in [6, 6.07) is 4.39. The second-order valence-corrected chi connectivity index (χ2v) is 4.53. The van der Waals surface area contributed by atoms with Crippen LogP contribution in [-0.2, 0) is 4.79 Å². The smallest absolute Gasteiger partial charge is 0.335 e. The maximum atomic E-state index is 11.8. The standard InChI is InChI=1S/C13H15NO4/c1-7-5-9(7)12(15)14-10-4-3-8(13(16)17)6-11(10)18-2/h3-4,6-7,9H,5H2,1-2H3,(H,14,15)(H,16,17). The summed E-state index contributed by atoms with van der Waals surface area (Å²) in [5, 5.41) is 11.6. The van der Waals surface area contributed by atoms with Gasteiger partial charge in [0.05, 0.1) is 18.4 Å². The lowest BCUT2D eigenvalue weighted by Crippen LogP contribution is -2.15. The zero-order chi connectivity index (χ0) is 13.3. The summed E-state index contributed by atoms with van der Waals surface area (Å²) < 4.78 is 5.09. The first-order chi connectivity index (χ1) is 8.52. The average molecular weight is 249 g/mol. The number of benzene rings is 1. The Kier molecular flexibility index (Phi) is 3.23. The molecule has 2 N–H and O–H groups in total. The zero-order valence-corrected chi connectivity index (χ0v) is 10.3. The van der Waals surface area contributed by atoms with E-state index in [1.807, 2.05) is 6.92 Å². The van der Waals surface area contributed by atoms with Crippen molar-refractivity contribution < 1.29 is 19.4 Å². The average Bonchev–Trinajstić information content (AvgIpc) is 3.06. The Labute approximate surface area is 105 Å². The molecule has 18 heavy (non-hydrogen) atoms. The van der Waals surface area contributed by atoms with Crippen molar-refractivity contribution in [2.24, 2.45) is 11.8 Å². The lowest BCUT2D eigenvalue weighted by atomic mass is 10.2. The van der Waals surface area contributed by atoms with Gasteiger partial charge in [-0.1, -0.05) is 6.92 Å². The number of nitrogens with one attached hydrogen (secondary N) is 1. The Morgan fingerprint density at radius 1 is 1.44 bits per heavy atom. The van der Waals surface area contributed by atoms with Crippen LogP contribution in [0.5, 0.6) is 5.75 Å². The molecule has 1 fully saturated rings. The van der Waals surface area contributed by atoms with Crippen molar-refractivity contribution in [3.63, 3.8) is 0 Å². The van der Waals surface area contributed by atoms with Gasteiger partial charge in [0, 0.05) is 5.92 Å². The van der Waals surface area contributed by atoms with Crippen LogP contribution in [0.15, 0.2) is 18.2 Å². The molecule has 0 spiro atoms. The SMILES string of the molecule is COc1cc(C(=O)O)ccc1NC(=O)C1CC1C.